The Balaban J connectivity index is 1.36. The summed E-state index contributed by atoms with van der Waals surface area (Å²) in [5, 5.41) is 25.1. The molecule has 1 fully saturated rings. The van der Waals surface area contributed by atoms with Crippen molar-refractivity contribution in [2.24, 2.45) is 5.73 Å². The van der Waals surface area contributed by atoms with Crippen LogP contribution in [0.3, 0.4) is 0 Å². The van der Waals surface area contributed by atoms with E-state index in [4.69, 9.17) is 16.2 Å². The Kier molecular flexibility index (Phi) is 5.93. The Morgan fingerprint density at radius 2 is 2.18 bits per heavy atom. The van der Waals surface area contributed by atoms with Gasteiger partial charge in [-0.1, -0.05) is 17.3 Å². The fourth-order valence-electron chi connectivity index (χ4n) is 4.60. The van der Waals surface area contributed by atoms with Crippen LogP contribution in [0.2, 0.25) is 0 Å². The molecule has 1 aliphatic carbocycles. The van der Waals surface area contributed by atoms with Gasteiger partial charge in [-0.25, -0.2) is 10.1 Å². The van der Waals surface area contributed by atoms with Crippen molar-refractivity contribution in [3.05, 3.63) is 59.4 Å². The highest BCUT2D eigenvalue weighted by Gasteiger charge is 2.24. The zero-order chi connectivity index (χ0) is 22.8. The molecule has 4 aromatic rings. The summed E-state index contributed by atoms with van der Waals surface area (Å²) in [6, 6.07) is 10.1. The van der Waals surface area contributed by atoms with Gasteiger partial charge in [-0.2, -0.15) is 5.10 Å². The van der Waals surface area contributed by atoms with Gasteiger partial charge in [0.15, 0.2) is 5.65 Å². The highest BCUT2D eigenvalue weighted by atomic mass is 16.5. The van der Waals surface area contributed by atoms with Gasteiger partial charge in [-0.3, -0.25) is 4.68 Å². The highest BCUT2D eigenvalue weighted by molar-refractivity contribution is 5.77. The molecule has 6 N–H and O–H groups in total. The molecule has 0 radical (unpaired) electrons. The molecule has 0 aliphatic heterocycles. The lowest BCUT2D eigenvalue weighted by Gasteiger charge is -2.15. The number of nitrogen functional groups attached to an aromatic ring is 1. The maximum absolute atomic E-state index is 9.72. The van der Waals surface area contributed by atoms with Gasteiger partial charge in [-0.05, 0) is 60.6 Å². The van der Waals surface area contributed by atoms with Crippen molar-refractivity contribution in [3.63, 3.8) is 0 Å². The number of rotatable bonds is 8. The van der Waals surface area contributed by atoms with Crippen molar-refractivity contribution in [1.29, 1.82) is 0 Å². The predicted molar refractivity (Wildman–Crippen MR) is 124 cm³/mol. The van der Waals surface area contributed by atoms with E-state index in [1.165, 1.54) is 0 Å². The number of ether oxygens (including phenoxy) is 1. The number of nitrogens with one attached hydrogen (secondary N) is 1. The molecular formula is C23H28N8O2. The predicted octanol–water partition coefficient (Wildman–Crippen LogP) is 1.95. The van der Waals surface area contributed by atoms with E-state index in [0.29, 0.717) is 29.9 Å². The lowest BCUT2D eigenvalue weighted by atomic mass is 9.90. The summed E-state index contributed by atoms with van der Waals surface area (Å²) in [6.07, 6.45) is 7.42. The van der Waals surface area contributed by atoms with Crippen LogP contribution < -0.4 is 16.2 Å². The average molecular weight is 449 g/mol. The van der Waals surface area contributed by atoms with Crippen molar-refractivity contribution in [3.8, 4) is 5.75 Å². The second-order valence-corrected chi connectivity index (χ2v) is 8.64. The molecule has 3 heterocycles. The smallest absolute Gasteiger partial charge is 0.178 e. The van der Waals surface area contributed by atoms with Crippen molar-refractivity contribution >= 4 is 17.0 Å². The number of aromatic amines is 1. The van der Waals surface area contributed by atoms with Crippen LogP contribution in [0.15, 0.2) is 42.7 Å². The van der Waals surface area contributed by atoms with Gasteiger partial charge < -0.3 is 21.3 Å². The van der Waals surface area contributed by atoms with E-state index in [0.717, 1.165) is 41.7 Å². The molecule has 1 aromatic carbocycles. The molecule has 33 heavy (non-hydrogen) atoms. The number of fused-ring (bicyclic) bond motifs is 1. The first kappa shape index (κ1) is 21.4. The third-order valence-corrected chi connectivity index (χ3v) is 6.17. The summed E-state index contributed by atoms with van der Waals surface area (Å²) >= 11 is 0. The minimum atomic E-state index is -0.136. The molecule has 10 nitrogen and oxygen atoms in total. The number of hydrogen-bond acceptors (Lipinski definition) is 8. The third-order valence-electron chi connectivity index (χ3n) is 6.17. The van der Waals surface area contributed by atoms with Crippen molar-refractivity contribution in [2.75, 3.05) is 12.3 Å². The van der Waals surface area contributed by atoms with Gasteiger partial charge in [0.2, 0.25) is 0 Å². The quantitative estimate of drug-likeness (QED) is 0.319. The van der Waals surface area contributed by atoms with Gasteiger partial charge >= 0.3 is 0 Å². The number of aliphatic hydroxyl groups excluding tert-OH is 1. The number of anilines is 1. The Hall–Kier alpha value is -3.50. The number of benzene rings is 1. The van der Waals surface area contributed by atoms with Gasteiger partial charge in [0.1, 0.15) is 23.2 Å². The Bertz CT molecular complexity index is 1240. The highest BCUT2D eigenvalue weighted by Crippen LogP contribution is 2.32. The van der Waals surface area contributed by atoms with E-state index in [-0.39, 0.29) is 24.7 Å². The average Bonchev–Trinajstić information content (AvgIpc) is 3.53. The number of aliphatic hydroxyl groups is 1. The molecule has 0 bridgehead atoms. The number of H-pyrrole nitrogens is 1. The van der Waals surface area contributed by atoms with Crippen LogP contribution >= 0.6 is 0 Å². The van der Waals surface area contributed by atoms with Gasteiger partial charge in [-0.15, -0.1) is 5.10 Å². The van der Waals surface area contributed by atoms with E-state index >= 15 is 0 Å². The molecule has 5 rings (SSSR count). The molecule has 3 unspecified atom stereocenters. The fraction of sp³-hybridized carbons (Fsp3) is 0.391. The van der Waals surface area contributed by atoms with Crippen LogP contribution in [-0.4, -0.2) is 54.0 Å². The number of aromatic nitrogens is 6. The monoisotopic (exact) mass is 448 g/mol. The summed E-state index contributed by atoms with van der Waals surface area (Å²) in [4.78, 5) is 4.24. The van der Waals surface area contributed by atoms with Crippen LogP contribution in [0.25, 0.3) is 11.2 Å². The van der Waals surface area contributed by atoms with Gasteiger partial charge in [0.05, 0.1) is 12.7 Å². The summed E-state index contributed by atoms with van der Waals surface area (Å²) in [6.45, 7) is 0.618. The summed E-state index contributed by atoms with van der Waals surface area (Å²) in [5.74, 6) is 1.10. The van der Waals surface area contributed by atoms with Crippen LogP contribution in [0.4, 0.5) is 5.82 Å². The molecule has 0 spiro atoms. The molecule has 1 aliphatic rings. The first-order valence-electron chi connectivity index (χ1n) is 11.2. The molecule has 172 valence electrons. The first-order valence-corrected chi connectivity index (χ1v) is 11.2. The first-order chi connectivity index (χ1) is 16.1. The molecule has 10 heteroatoms. The van der Waals surface area contributed by atoms with E-state index in [9.17, 15) is 5.11 Å². The summed E-state index contributed by atoms with van der Waals surface area (Å²) < 4.78 is 8.01. The maximum Gasteiger partial charge on any atom is 0.178 e. The molecule has 0 saturated heterocycles. The van der Waals surface area contributed by atoms with Crippen molar-refractivity contribution < 1.29 is 9.84 Å². The van der Waals surface area contributed by atoms with E-state index < -0.39 is 0 Å². The third kappa shape index (κ3) is 4.67. The molecule has 1 saturated carbocycles. The lowest BCUT2D eigenvalue weighted by molar-refractivity contribution is 0.208. The molecular weight excluding hydrogens is 420 g/mol. The topological polar surface area (TPSA) is 154 Å². The Morgan fingerprint density at radius 1 is 1.27 bits per heavy atom. The Labute approximate surface area is 191 Å². The van der Waals surface area contributed by atoms with E-state index in [2.05, 4.69) is 37.6 Å². The number of nitrogens with two attached hydrogens (primary N) is 2. The molecule has 3 atom stereocenters. The number of hydrogen-bond donors (Lipinski definition) is 4. The zero-order valence-corrected chi connectivity index (χ0v) is 18.3. The maximum atomic E-state index is 9.72. The van der Waals surface area contributed by atoms with E-state index in [1.807, 2.05) is 29.2 Å². The Morgan fingerprint density at radius 3 is 3.00 bits per heavy atom. The van der Waals surface area contributed by atoms with Crippen LogP contribution in [0.1, 0.15) is 48.3 Å². The second kappa shape index (κ2) is 9.16. The second-order valence-electron chi connectivity index (χ2n) is 8.64. The van der Waals surface area contributed by atoms with Crippen LogP contribution in [0.5, 0.6) is 5.75 Å². The summed E-state index contributed by atoms with van der Waals surface area (Å²) in [7, 11) is 0. The normalized spacial score (nSPS) is 19.2. The van der Waals surface area contributed by atoms with E-state index in [1.54, 1.807) is 6.07 Å². The van der Waals surface area contributed by atoms with Crippen molar-refractivity contribution in [1.82, 2.24) is 30.2 Å². The zero-order valence-electron chi connectivity index (χ0n) is 18.3. The standard InChI is InChI=1S/C23H28N8O2/c24-16-4-5-18(9-16)33-17-3-1-2-14(8-17)12-31-13-15(11-26-31)19(6-7-32)20-10-21(25)27-23-22(20)28-30-29-23/h1-3,8,10-11,13,16,18-19,32H,4-7,9,12,24H2,(H3,25,27,28,29,30). The minimum absolute atomic E-state index is 0.0155. The van der Waals surface area contributed by atoms with Crippen LogP contribution in [-0.2, 0) is 6.54 Å². The largest absolute Gasteiger partial charge is 0.490 e. The number of nitrogens with zero attached hydrogens (tertiary/aromatic N) is 5. The van der Waals surface area contributed by atoms with Gasteiger partial charge in [0, 0.05) is 24.8 Å². The molecule has 0 amide bonds. The SMILES string of the molecule is Nc1cc(C(CCO)c2cnn(Cc3cccc(OC4CCC(N)C4)c3)c2)c2nn[nH]c2n1. The van der Waals surface area contributed by atoms with Gasteiger partial charge in [0.25, 0.3) is 0 Å². The van der Waals surface area contributed by atoms with Crippen molar-refractivity contribution in [2.45, 2.75) is 50.3 Å². The summed E-state index contributed by atoms with van der Waals surface area (Å²) in [5.41, 5.74) is 16.1. The minimum Gasteiger partial charge on any atom is -0.490 e. The number of pyridine rings is 1. The lowest BCUT2D eigenvalue weighted by Crippen LogP contribution is -2.19. The fourth-order valence-corrected chi connectivity index (χ4v) is 4.60. The molecule has 3 aromatic heterocycles. The van der Waals surface area contributed by atoms with Crippen LogP contribution in [0, 0.1) is 0 Å².